The van der Waals surface area contributed by atoms with E-state index in [2.05, 4.69) is 21.2 Å². The summed E-state index contributed by atoms with van der Waals surface area (Å²) in [5.74, 6) is 0.0407. The van der Waals surface area contributed by atoms with Gasteiger partial charge in [0.1, 0.15) is 0 Å². The predicted octanol–water partition coefficient (Wildman–Crippen LogP) is 4.62. The van der Waals surface area contributed by atoms with Gasteiger partial charge >= 0.3 is 10.1 Å². The molecule has 2 aromatic carbocycles. The molecular weight excluding hydrogens is 446 g/mol. The van der Waals surface area contributed by atoms with Gasteiger partial charge in [-0.3, -0.25) is 4.79 Å². The minimum atomic E-state index is -3.67. The maximum Gasteiger partial charge on any atom is 0.309 e. The number of amides is 1. The van der Waals surface area contributed by atoms with Crippen LogP contribution in [0.15, 0.2) is 53.0 Å². The zero-order valence-corrected chi connectivity index (χ0v) is 18.0. The van der Waals surface area contributed by atoms with E-state index in [0.717, 1.165) is 10.9 Å². The summed E-state index contributed by atoms with van der Waals surface area (Å²) in [4.78, 5) is 12.1. The van der Waals surface area contributed by atoms with Crippen LogP contribution in [-0.2, 0) is 14.9 Å². The second-order valence-corrected chi connectivity index (χ2v) is 8.46. The molecule has 6 nitrogen and oxygen atoms in total. The number of carbonyl (C=O) groups excluding carboxylic acids is 1. The van der Waals surface area contributed by atoms with Crippen LogP contribution in [-0.4, -0.2) is 27.2 Å². The zero-order valence-electron chi connectivity index (χ0n) is 15.6. The molecule has 1 amide bonds. The second kappa shape index (κ2) is 10.3. The zero-order chi connectivity index (χ0) is 20.6. The molecule has 0 aromatic heterocycles. The fourth-order valence-corrected chi connectivity index (χ4v) is 3.79. The number of carbonyl (C=O) groups is 1. The summed E-state index contributed by atoms with van der Waals surface area (Å²) in [6.45, 7) is 1.91. The summed E-state index contributed by atoms with van der Waals surface area (Å²) < 4.78 is 35.1. The summed E-state index contributed by atoms with van der Waals surface area (Å²) in [6.07, 6.45) is 4.26. The largest absolute Gasteiger partial charge is 0.493 e. The number of unbranched alkanes of at least 4 members (excludes halogenated alkanes) is 1. The van der Waals surface area contributed by atoms with Gasteiger partial charge in [-0.2, -0.15) is 8.42 Å². The number of rotatable bonds is 9. The number of benzene rings is 2. The lowest BCUT2D eigenvalue weighted by Gasteiger charge is -2.11. The van der Waals surface area contributed by atoms with Gasteiger partial charge in [0.05, 0.1) is 18.6 Å². The summed E-state index contributed by atoms with van der Waals surface area (Å²) >= 11 is 3.37. The normalized spacial score (nSPS) is 11.4. The van der Waals surface area contributed by atoms with Crippen molar-refractivity contribution in [1.82, 2.24) is 0 Å². The van der Waals surface area contributed by atoms with Gasteiger partial charge in [0, 0.05) is 10.5 Å². The van der Waals surface area contributed by atoms with Crippen LogP contribution in [0.2, 0.25) is 0 Å². The standard InChI is InChI=1S/C20H22BrNO5S/c1-3-4-13-28(24,25)27-18-11-9-15(14-19(18)26-2)10-12-20(23)22-17-8-6-5-7-16(17)21/h5-12,14H,3-4,13H2,1-2H3,(H,22,23). The van der Waals surface area contributed by atoms with Crippen LogP contribution in [0.3, 0.4) is 0 Å². The van der Waals surface area contributed by atoms with Crippen molar-refractivity contribution in [3.05, 3.63) is 58.6 Å². The summed E-state index contributed by atoms with van der Waals surface area (Å²) in [5.41, 5.74) is 1.33. The Balaban J connectivity index is 2.09. The number of nitrogens with one attached hydrogen (secondary N) is 1. The monoisotopic (exact) mass is 467 g/mol. The first-order chi connectivity index (χ1) is 13.3. The number of hydrogen-bond acceptors (Lipinski definition) is 5. The highest BCUT2D eigenvalue weighted by Crippen LogP contribution is 2.30. The molecule has 0 atom stereocenters. The van der Waals surface area contributed by atoms with E-state index in [1.165, 1.54) is 19.3 Å². The van der Waals surface area contributed by atoms with Crippen molar-refractivity contribution in [2.75, 3.05) is 18.2 Å². The molecule has 28 heavy (non-hydrogen) atoms. The van der Waals surface area contributed by atoms with Crippen LogP contribution in [0.4, 0.5) is 5.69 Å². The molecule has 0 aliphatic heterocycles. The van der Waals surface area contributed by atoms with Crippen LogP contribution < -0.4 is 14.2 Å². The quantitative estimate of drug-likeness (QED) is 0.429. The number of anilines is 1. The fraction of sp³-hybridized carbons (Fsp3) is 0.250. The van der Waals surface area contributed by atoms with Gasteiger partial charge in [0.15, 0.2) is 11.5 Å². The molecular formula is C20H22BrNO5S. The number of para-hydroxylation sites is 1. The minimum Gasteiger partial charge on any atom is -0.493 e. The Hall–Kier alpha value is -2.32. The number of halogens is 1. The molecule has 2 rings (SSSR count). The van der Waals surface area contributed by atoms with Crippen LogP contribution in [0.25, 0.3) is 6.08 Å². The molecule has 1 N–H and O–H groups in total. The molecule has 0 heterocycles. The Morgan fingerprint density at radius 1 is 1.18 bits per heavy atom. The Kier molecular flexibility index (Phi) is 8.07. The smallest absolute Gasteiger partial charge is 0.309 e. The molecule has 0 aliphatic carbocycles. The molecule has 2 aromatic rings. The predicted molar refractivity (Wildman–Crippen MR) is 114 cm³/mol. The maximum atomic E-state index is 12.1. The van der Waals surface area contributed by atoms with Gasteiger partial charge in [0.2, 0.25) is 5.91 Å². The van der Waals surface area contributed by atoms with Crippen LogP contribution in [0.5, 0.6) is 11.5 Å². The molecule has 0 unspecified atom stereocenters. The average molecular weight is 468 g/mol. The summed E-state index contributed by atoms with van der Waals surface area (Å²) in [5, 5.41) is 2.76. The minimum absolute atomic E-state index is 0.0521. The average Bonchev–Trinajstić information content (AvgIpc) is 2.67. The first-order valence-electron chi connectivity index (χ1n) is 8.68. The van der Waals surface area contributed by atoms with Gasteiger partial charge in [-0.05, 0) is 58.3 Å². The number of methoxy groups -OCH3 is 1. The Bertz CT molecular complexity index is 957. The third-order valence-electron chi connectivity index (χ3n) is 3.71. The summed E-state index contributed by atoms with van der Waals surface area (Å²) in [7, 11) is -2.25. The highest BCUT2D eigenvalue weighted by Gasteiger charge is 2.15. The lowest BCUT2D eigenvalue weighted by atomic mass is 10.2. The van der Waals surface area contributed by atoms with Crippen molar-refractivity contribution in [3.8, 4) is 11.5 Å². The third-order valence-corrected chi connectivity index (χ3v) is 5.62. The van der Waals surface area contributed by atoms with Gasteiger partial charge in [0.25, 0.3) is 0 Å². The van der Waals surface area contributed by atoms with E-state index in [1.54, 1.807) is 24.3 Å². The molecule has 150 valence electrons. The lowest BCUT2D eigenvalue weighted by molar-refractivity contribution is -0.111. The maximum absolute atomic E-state index is 12.1. The third kappa shape index (κ3) is 6.69. The van der Waals surface area contributed by atoms with Crippen LogP contribution in [0, 0.1) is 0 Å². The van der Waals surface area contributed by atoms with Gasteiger partial charge in [-0.15, -0.1) is 0 Å². The Labute approximate surface area is 173 Å². The number of hydrogen-bond donors (Lipinski definition) is 1. The van der Waals surface area contributed by atoms with E-state index in [-0.39, 0.29) is 23.2 Å². The van der Waals surface area contributed by atoms with E-state index >= 15 is 0 Å². The molecule has 0 saturated heterocycles. The van der Waals surface area contributed by atoms with E-state index in [4.69, 9.17) is 8.92 Å². The molecule has 0 saturated carbocycles. The van der Waals surface area contributed by atoms with Crippen LogP contribution >= 0.6 is 15.9 Å². The highest BCUT2D eigenvalue weighted by atomic mass is 79.9. The van der Waals surface area contributed by atoms with Crippen LogP contribution in [0.1, 0.15) is 25.3 Å². The number of ether oxygens (including phenoxy) is 1. The highest BCUT2D eigenvalue weighted by molar-refractivity contribution is 9.10. The molecule has 0 bridgehead atoms. The van der Waals surface area contributed by atoms with Crippen molar-refractivity contribution >= 4 is 43.7 Å². The lowest BCUT2D eigenvalue weighted by Crippen LogP contribution is -2.14. The van der Waals surface area contributed by atoms with Crippen molar-refractivity contribution in [1.29, 1.82) is 0 Å². The Morgan fingerprint density at radius 3 is 2.61 bits per heavy atom. The molecule has 0 aliphatic rings. The second-order valence-electron chi connectivity index (χ2n) is 5.91. The first-order valence-corrected chi connectivity index (χ1v) is 11.1. The van der Waals surface area contributed by atoms with Crippen molar-refractivity contribution < 1.29 is 22.1 Å². The van der Waals surface area contributed by atoms with Crippen molar-refractivity contribution in [3.63, 3.8) is 0 Å². The molecule has 0 spiro atoms. The molecule has 0 fully saturated rings. The topological polar surface area (TPSA) is 81.7 Å². The van der Waals surface area contributed by atoms with Gasteiger partial charge in [-0.1, -0.05) is 31.5 Å². The first kappa shape index (κ1) is 22.0. The molecule has 0 radical (unpaired) electrons. The van der Waals surface area contributed by atoms with E-state index < -0.39 is 10.1 Å². The summed E-state index contributed by atoms with van der Waals surface area (Å²) in [6, 6.07) is 12.0. The SMILES string of the molecule is CCCCS(=O)(=O)Oc1ccc(C=CC(=O)Nc2ccccc2Br)cc1OC. The van der Waals surface area contributed by atoms with E-state index in [1.807, 2.05) is 25.1 Å². The van der Waals surface area contributed by atoms with Crippen molar-refractivity contribution in [2.24, 2.45) is 0 Å². The van der Waals surface area contributed by atoms with E-state index in [0.29, 0.717) is 17.7 Å². The van der Waals surface area contributed by atoms with Crippen molar-refractivity contribution in [2.45, 2.75) is 19.8 Å². The Morgan fingerprint density at radius 2 is 1.93 bits per heavy atom. The van der Waals surface area contributed by atoms with E-state index in [9.17, 15) is 13.2 Å². The van der Waals surface area contributed by atoms with Gasteiger partial charge in [-0.25, -0.2) is 0 Å². The fourth-order valence-electron chi connectivity index (χ4n) is 2.27. The van der Waals surface area contributed by atoms with Gasteiger partial charge < -0.3 is 14.2 Å². The molecule has 8 heteroatoms.